The molecule has 168 valence electrons. The first kappa shape index (κ1) is 21.9. The molecule has 0 fully saturated rings. The van der Waals surface area contributed by atoms with Gasteiger partial charge in [-0.15, -0.1) is 0 Å². The molecule has 2 N–H and O–H groups in total. The van der Waals surface area contributed by atoms with E-state index in [0.717, 1.165) is 17.7 Å². The van der Waals surface area contributed by atoms with E-state index in [1.54, 1.807) is 18.2 Å². The van der Waals surface area contributed by atoms with Gasteiger partial charge < -0.3 is 15.4 Å². The number of nitrogens with zero attached hydrogens (tertiary/aromatic N) is 4. The number of alkyl halides is 3. The van der Waals surface area contributed by atoms with Gasteiger partial charge in [-0.3, -0.25) is 4.79 Å². The number of anilines is 3. The second kappa shape index (κ2) is 8.69. The summed E-state index contributed by atoms with van der Waals surface area (Å²) >= 11 is 0. The van der Waals surface area contributed by atoms with Gasteiger partial charge in [-0.2, -0.15) is 18.2 Å². The van der Waals surface area contributed by atoms with Gasteiger partial charge in [0, 0.05) is 16.9 Å². The maximum Gasteiger partial charge on any atom is 0.416 e. The molecule has 0 aliphatic rings. The van der Waals surface area contributed by atoms with Crippen LogP contribution in [-0.4, -0.2) is 33.0 Å². The lowest BCUT2D eigenvalue weighted by Gasteiger charge is -2.13. The van der Waals surface area contributed by atoms with Gasteiger partial charge in [0.2, 0.25) is 0 Å². The molecule has 4 rings (SSSR count). The minimum Gasteiger partial charge on any atom is -0.467 e. The summed E-state index contributed by atoms with van der Waals surface area (Å²) < 4.78 is 43.9. The second-order valence-electron chi connectivity index (χ2n) is 7.00. The highest BCUT2D eigenvalue weighted by Gasteiger charge is 2.30. The van der Waals surface area contributed by atoms with E-state index in [2.05, 4.69) is 30.6 Å². The van der Waals surface area contributed by atoms with Crippen LogP contribution in [0.4, 0.5) is 30.4 Å². The number of aromatic nitrogens is 4. The highest BCUT2D eigenvalue weighted by molar-refractivity contribution is 6.04. The Morgan fingerprint density at radius 2 is 1.88 bits per heavy atom. The van der Waals surface area contributed by atoms with Crippen molar-refractivity contribution in [2.75, 3.05) is 17.7 Å². The van der Waals surface area contributed by atoms with Crippen molar-refractivity contribution in [3.63, 3.8) is 0 Å². The van der Waals surface area contributed by atoms with E-state index in [4.69, 9.17) is 4.74 Å². The molecule has 0 radical (unpaired) electrons. The Kier molecular flexibility index (Phi) is 5.78. The van der Waals surface area contributed by atoms with Gasteiger partial charge in [-0.25, -0.2) is 15.0 Å². The van der Waals surface area contributed by atoms with Crippen LogP contribution in [0.5, 0.6) is 6.01 Å². The van der Waals surface area contributed by atoms with Crippen LogP contribution in [-0.2, 0) is 6.18 Å². The summed E-state index contributed by atoms with van der Waals surface area (Å²) in [5.41, 5.74) is 1.76. The van der Waals surface area contributed by atoms with Crippen molar-refractivity contribution in [1.82, 2.24) is 19.9 Å². The Balaban J connectivity index is 1.61. The van der Waals surface area contributed by atoms with Crippen molar-refractivity contribution in [3.8, 4) is 6.01 Å². The molecule has 11 heteroatoms. The number of carbonyl (C=O) groups excluding carboxylic acids is 1. The van der Waals surface area contributed by atoms with E-state index in [0.29, 0.717) is 28.2 Å². The summed E-state index contributed by atoms with van der Waals surface area (Å²) in [5.74, 6) is -0.272. The number of halogens is 3. The van der Waals surface area contributed by atoms with Crippen LogP contribution in [0.15, 0.2) is 55.0 Å². The van der Waals surface area contributed by atoms with Crippen LogP contribution in [0.25, 0.3) is 11.0 Å². The third kappa shape index (κ3) is 4.81. The predicted octanol–water partition coefficient (Wildman–Crippen LogP) is 4.75. The lowest BCUT2D eigenvalue weighted by atomic mass is 10.1. The highest BCUT2D eigenvalue weighted by Crippen LogP contribution is 2.30. The number of carbonyl (C=O) groups is 1. The first-order valence-electron chi connectivity index (χ1n) is 9.62. The van der Waals surface area contributed by atoms with Gasteiger partial charge in [-0.1, -0.05) is 12.1 Å². The van der Waals surface area contributed by atoms with Crippen molar-refractivity contribution >= 4 is 34.1 Å². The molecule has 1 amide bonds. The summed E-state index contributed by atoms with van der Waals surface area (Å²) in [6, 6.07) is 9.43. The second-order valence-corrected chi connectivity index (χ2v) is 7.00. The summed E-state index contributed by atoms with van der Waals surface area (Å²) in [6.45, 7) is 1.85. The molecule has 0 atom stereocenters. The number of nitrogens with one attached hydrogen (secondary N) is 2. The van der Waals surface area contributed by atoms with Crippen LogP contribution < -0.4 is 15.4 Å². The molecule has 8 nitrogen and oxygen atoms in total. The fourth-order valence-electron chi connectivity index (χ4n) is 3.03. The van der Waals surface area contributed by atoms with E-state index < -0.39 is 17.6 Å². The fraction of sp³-hybridized carbons (Fsp3) is 0.136. The molecule has 0 saturated heterocycles. The Morgan fingerprint density at radius 1 is 1.06 bits per heavy atom. The zero-order chi connectivity index (χ0) is 23.6. The summed E-state index contributed by atoms with van der Waals surface area (Å²) in [7, 11) is 1.44. The Hall–Kier alpha value is -4.28. The largest absolute Gasteiger partial charge is 0.467 e. The third-order valence-corrected chi connectivity index (χ3v) is 4.74. The number of rotatable bonds is 5. The quantitative estimate of drug-likeness (QED) is 0.449. The van der Waals surface area contributed by atoms with Crippen molar-refractivity contribution in [2.45, 2.75) is 13.1 Å². The molecule has 33 heavy (non-hydrogen) atoms. The minimum absolute atomic E-state index is 0.106. The normalized spacial score (nSPS) is 11.3. The lowest BCUT2D eigenvalue weighted by molar-refractivity contribution is -0.137. The number of ether oxygens (including phenoxy) is 1. The SMILES string of the molecule is COc1ncc2ncnc(Nc3cc(NC(=O)c4cccc(C(F)(F)F)c4)ccc3C)c2n1. The maximum atomic E-state index is 13.0. The maximum absolute atomic E-state index is 13.0. The molecular formula is C22H17F3N6O2. The number of methoxy groups -OCH3 is 1. The number of hydrogen-bond acceptors (Lipinski definition) is 7. The van der Waals surface area contributed by atoms with Gasteiger partial charge in [0.15, 0.2) is 5.82 Å². The van der Waals surface area contributed by atoms with E-state index >= 15 is 0 Å². The van der Waals surface area contributed by atoms with Crippen LogP contribution in [0.1, 0.15) is 21.5 Å². The molecule has 2 heterocycles. The smallest absolute Gasteiger partial charge is 0.416 e. The van der Waals surface area contributed by atoms with Crippen LogP contribution >= 0.6 is 0 Å². The Bertz CT molecular complexity index is 1340. The van der Waals surface area contributed by atoms with E-state index in [1.165, 1.54) is 31.8 Å². The van der Waals surface area contributed by atoms with Gasteiger partial charge in [-0.05, 0) is 42.8 Å². The minimum atomic E-state index is -4.54. The van der Waals surface area contributed by atoms with E-state index in [1.807, 2.05) is 6.92 Å². The zero-order valence-corrected chi connectivity index (χ0v) is 17.4. The fourth-order valence-corrected chi connectivity index (χ4v) is 3.03. The average molecular weight is 454 g/mol. The number of fused-ring (bicyclic) bond motifs is 1. The molecule has 0 unspecified atom stereocenters. The third-order valence-electron chi connectivity index (χ3n) is 4.74. The Labute approximate surface area is 185 Å². The average Bonchev–Trinajstić information content (AvgIpc) is 2.80. The lowest BCUT2D eigenvalue weighted by Crippen LogP contribution is -2.14. The highest BCUT2D eigenvalue weighted by atomic mass is 19.4. The molecule has 4 aromatic rings. The van der Waals surface area contributed by atoms with Crippen molar-refractivity contribution in [3.05, 3.63) is 71.7 Å². The van der Waals surface area contributed by atoms with Gasteiger partial charge in [0.05, 0.1) is 18.9 Å². The molecule has 0 saturated carbocycles. The molecule has 0 aliphatic heterocycles. The van der Waals surface area contributed by atoms with E-state index in [9.17, 15) is 18.0 Å². The van der Waals surface area contributed by atoms with Gasteiger partial charge in [0.25, 0.3) is 5.91 Å². The summed E-state index contributed by atoms with van der Waals surface area (Å²) in [6.07, 6.45) is -1.68. The predicted molar refractivity (Wildman–Crippen MR) is 116 cm³/mol. The molecule has 0 spiro atoms. The van der Waals surface area contributed by atoms with Crippen LogP contribution in [0.2, 0.25) is 0 Å². The number of benzene rings is 2. The van der Waals surface area contributed by atoms with Gasteiger partial charge in [0.1, 0.15) is 17.4 Å². The molecule has 0 bridgehead atoms. The number of aryl methyl sites for hydroxylation is 1. The number of amides is 1. The first-order chi connectivity index (χ1) is 15.7. The first-order valence-corrected chi connectivity index (χ1v) is 9.62. The topological polar surface area (TPSA) is 102 Å². The van der Waals surface area contributed by atoms with Crippen LogP contribution in [0, 0.1) is 6.92 Å². The molecular weight excluding hydrogens is 437 g/mol. The molecule has 2 aromatic heterocycles. The summed E-state index contributed by atoms with van der Waals surface area (Å²) in [4.78, 5) is 29.2. The van der Waals surface area contributed by atoms with Crippen molar-refractivity contribution in [2.24, 2.45) is 0 Å². The van der Waals surface area contributed by atoms with Crippen molar-refractivity contribution in [1.29, 1.82) is 0 Å². The molecule has 2 aromatic carbocycles. The molecule has 0 aliphatic carbocycles. The monoisotopic (exact) mass is 454 g/mol. The van der Waals surface area contributed by atoms with Gasteiger partial charge >= 0.3 is 12.2 Å². The van der Waals surface area contributed by atoms with Crippen LogP contribution in [0.3, 0.4) is 0 Å². The van der Waals surface area contributed by atoms with Crippen molar-refractivity contribution < 1.29 is 22.7 Å². The Morgan fingerprint density at radius 3 is 2.64 bits per heavy atom. The standard InChI is InChI=1S/C22H17F3N6O2/c1-12-6-7-15(29-20(32)13-4-3-5-14(8-13)22(23,24)25)9-16(12)30-19-18-17(27-11-28-19)10-26-21(31-18)33-2/h3-11H,1-2H3,(H,29,32)(H,27,28,30). The summed E-state index contributed by atoms with van der Waals surface area (Å²) in [5, 5.41) is 5.77. The zero-order valence-electron chi connectivity index (χ0n) is 17.4. The number of hydrogen-bond donors (Lipinski definition) is 2. The van der Waals surface area contributed by atoms with E-state index in [-0.39, 0.29) is 11.6 Å².